The second-order valence-electron chi connectivity index (χ2n) is 14.6. The number of hydrogen-bond donors (Lipinski definition) is 4. The van der Waals surface area contributed by atoms with Crippen molar-refractivity contribution in [2.24, 2.45) is 35.3 Å². The van der Waals surface area contributed by atoms with Crippen LogP contribution in [0.15, 0.2) is 97.2 Å². The molecule has 1 aromatic heterocycles. The summed E-state index contributed by atoms with van der Waals surface area (Å²) in [6, 6.07) is 30.2. The van der Waals surface area contributed by atoms with Crippen LogP contribution in [0, 0.1) is 16.7 Å². The predicted molar refractivity (Wildman–Crippen MR) is 195 cm³/mol. The molecular formula is C39H50N6O5. The van der Waals surface area contributed by atoms with Gasteiger partial charge in [-0.1, -0.05) is 133 Å². The van der Waals surface area contributed by atoms with Gasteiger partial charge in [0, 0.05) is 18.4 Å². The molecule has 3 aromatic carbocycles. The largest absolute Gasteiger partial charge is 0.450 e. The molecule has 11 heteroatoms. The highest BCUT2D eigenvalue weighted by Crippen LogP contribution is 2.50. The highest BCUT2D eigenvalue weighted by molar-refractivity contribution is 6.01. The SMILES string of the molecule is Cn1ncc(NC(=O)[C@@](OC(N)=O)(C(CCCOC(N)=O)C(C)(C)C)C(C)(C)C)c1NC(c1ccccc1)(c1ccccc1)c1ccccc1. The maximum absolute atomic E-state index is 15.0. The van der Waals surface area contributed by atoms with Crippen molar-refractivity contribution < 1.29 is 23.9 Å². The topological polar surface area (TPSA) is 164 Å². The summed E-state index contributed by atoms with van der Waals surface area (Å²) in [7, 11) is 1.79. The van der Waals surface area contributed by atoms with Crippen molar-refractivity contribution in [3.05, 3.63) is 114 Å². The number of nitrogens with zero attached hydrogens (tertiary/aromatic N) is 2. The van der Waals surface area contributed by atoms with E-state index in [0.717, 1.165) is 16.7 Å². The average Bonchev–Trinajstić information content (AvgIpc) is 3.40. The van der Waals surface area contributed by atoms with Gasteiger partial charge in [0.2, 0.25) is 0 Å². The summed E-state index contributed by atoms with van der Waals surface area (Å²) in [6.07, 6.45) is 0.312. The Morgan fingerprint density at radius 1 is 0.780 bits per heavy atom. The van der Waals surface area contributed by atoms with E-state index >= 15 is 0 Å². The molecular weight excluding hydrogens is 632 g/mol. The Kier molecular flexibility index (Phi) is 11.3. The maximum atomic E-state index is 15.0. The van der Waals surface area contributed by atoms with Crippen LogP contribution in [-0.4, -0.2) is 40.1 Å². The molecule has 4 aromatic rings. The Labute approximate surface area is 294 Å². The fraction of sp³-hybridized carbons (Fsp3) is 0.385. The molecule has 0 aliphatic heterocycles. The minimum atomic E-state index is -1.77. The summed E-state index contributed by atoms with van der Waals surface area (Å²) in [5.41, 5.74) is 9.97. The number of primary amides is 2. The van der Waals surface area contributed by atoms with Crippen LogP contribution >= 0.6 is 0 Å². The third kappa shape index (κ3) is 7.77. The van der Waals surface area contributed by atoms with Crippen molar-refractivity contribution in [1.29, 1.82) is 0 Å². The van der Waals surface area contributed by atoms with E-state index in [0.29, 0.717) is 24.3 Å². The zero-order valence-corrected chi connectivity index (χ0v) is 30.0. The van der Waals surface area contributed by atoms with Crippen LogP contribution in [0.4, 0.5) is 21.1 Å². The molecule has 266 valence electrons. The minimum absolute atomic E-state index is 0.0392. The van der Waals surface area contributed by atoms with Gasteiger partial charge in [-0.25, -0.2) is 9.59 Å². The molecule has 4 rings (SSSR count). The summed E-state index contributed by atoms with van der Waals surface area (Å²) in [5, 5.41) is 11.5. The van der Waals surface area contributed by atoms with Gasteiger partial charge in [-0.15, -0.1) is 0 Å². The molecule has 0 saturated carbocycles. The van der Waals surface area contributed by atoms with Gasteiger partial charge >= 0.3 is 12.2 Å². The van der Waals surface area contributed by atoms with E-state index in [-0.39, 0.29) is 6.61 Å². The lowest BCUT2D eigenvalue weighted by atomic mass is 9.59. The van der Waals surface area contributed by atoms with Crippen molar-refractivity contribution in [1.82, 2.24) is 9.78 Å². The number of nitrogens with one attached hydrogen (secondary N) is 2. The average molecular weight is 683 g/mol. The Morgan fingerprint density at radius 3 is 1.66 bits per heavy atom. The van der Waals surface area contributed by atoms with Gasteiger partial charge in [-0.3, -0.25) is 9.48 Å². The van der Waals surface area contributed by atoms with Gasteiger partial charge in [0.1, 0.15) is 17.0 Å². The maximum Gasteiger partial charge on any atom is 0.405 e. The first-order valence-electron chi connectivity index (χ1n) is 16.7. The number of aryl methyl sites for hydroxylation is 1. The monoisotopic (exact) mass is 682 g/mol. The number of nitrogens with two attached hydrogens (primary N) is 2. The van der Waals surface area contributed by atoms with Crippen molar-refractivity contribution >= 4 is 29.6 Å². The summed E-state index contributed by atoms with van der Waals surface area (Å²) in [6.45, 7) is 11.4. The second-order valence-corrected chi connectivity index (χ2v) is 14.6. The molecule has 6 N–H and O–H groups in total. The Balaban J connectivity index is 1.88. The number of rotatable bonds is 13. The molecule has 0 radical (unpaired) electrons. The third-order valence-electron chi connectivity index (χ3n) is 9.24. The highest BCUT2D eigenvalue weighted by atomic mass is 16.6. The first kappa shape index (κ1) is 37.5. The van der Waals surface area contributed by atoms with Crippen LogP contribution in [0.25, 0.3) is 0 Å². The predicted octanol–water partition coefficient (Wildman–Crippen LogP) is 7.18. The summed E-state index contributed by atoms with van der Waals surface area (Å²) < 4.78 is 12.7. The molecule has 11 nitrogen and oxygen atoms in total. The fourth-order valence-electron chi connectivity index (χ4n) is 7.01. The Hall–Kier alpha value is -5.32. The van der Waals surface area contributed by atoms with Gasteiger partial charge in [0.25, 0.3) is 5.91 Å². The molecule has 2 atom stereocenters. The van der Waals surface area contributed by atoms with Gasteiger partial charge in [-0.05, 0) is 34.9 Å². The standard InChI is InChI=1S/C39H50N6O5/c1-36(2,3)31(24-17-25-49-34(40)47)39(37(4,5)6,50-35(41)48)33(46)43-30-26-42-45(7)32(30)44-38(27-18-11-8-12-19-27,28-20-13-9-14-21-28)29-22-15-10-16-23-29/h8-16,18-23,26,31,44H,17,24-25H2,1-7H3,(H2,40,47)(H2,41,48)(H,43,46)/t31?,39-/m0/s1. The lowest BCUT2D eigenvalue weighted by Gasteiger charge is -2.51. The highest BCUT2D eigenvalue weighted by Gasteiger charge is 2.60. The minimum Gasteiger partial charge on any atom is -0.450 e. The van der Waals surface area contributed by atoms with Crippen molar-refractivity contribution in [3.63, 3.8) is 0 Å². The number of benzene rings is 3. The molecule has 0 aliphatic rings. The molecule has 0 spiro atoms. The number of carbonyl (C=O) groups excluding carboxylic acids is 3. The number of ether oxygens (including phenoxy) is 2. The molecule has 0 fully saturated rings. The van der Waals surface area contributed by atoms with E-state index in [1.807, 2.05) is 96.1 Å². The summed E-state index contributed by atoms with van der Waals surface area (Å²) >= 11 is 0. The van der Waals surface area contributed by atoms with Crippen molar-refractivity contribution in [2.45, 2.75) is 65.5 Å². The third-order valence-corrected chi connectivity index (χ3v) is 9.24. The van der Waals surface area contributed by atoms with Crippen LogP contribution in [0.3, 0.4) is 0 Å². The van der Waals surface area contributed by atoms with Crippen LogP contribution in [0.1, 0.15) is 71.1 Å². The van der Waals surface area contributed by atoms with Crippen LogP contribution < -0.4 is 22.1 Å². The summed E-state index contributed by atoms with van der Waals surface area (Å²) in [5.74, 6) is -0.636. The molecule has 0 saturated heterocycles. The quantitative estimate of drug-likeness (QED) is 0.0857. The molecule has 50 heavy (non-hydrogen) atoms. The number of aromatic nitrogens is 2. The van der Waals surface area contributed by atoms with Gasteiger partial charge < -0.3 is 31.6 Å². The number of carbonyl (C=O) groups is 3. The lowest BCUT2D eigenvalue weighted by molar-refractivity contribution is -0.168. The van der Waals surface area contributed by atoms with E-state index in [9.17, 15) is 14.4 Å². The lowest BCUT2D eigenvalue weighted by Crippen LogP contribution is -2.64. The molecule has 3 amide bonds. The number of anilines is 2. The van der Waals surface area contributed by atoms with E-state index in [4.69, 9.17) is 20.9 Å². The summed E-state index contributed by atoms with van der Waals surface area (Å²) in [4.78, 5) is 39.0. The number of amides is 3. The Morgan fingerprint density at radius 2 is 1.26 bits per heavy atom. The van der Waals surface area contributed by atoms with Crippen molar-refractivity contribution in [3.8, 4) is 0 Å². The van der Waals surface area contributed by atoms with E-state index in [2.05, 4.69) is 52.1 Å². The smallest absolute Gasteiger partial charge is 0.405 e. The van der Waals surface area contributed by atoms with E-state index in [1.54, 1.807) is 17.9 Å². The first-order chi connectivity index (χ1) is 23.5. The molecule has 0 bridgehead atoms. The normalized spacial score (nSPS) is 13.8. The van der Waals surface area contributed by atoms with Gasteiger partial charge in [0.05, 0.1) is 12.8 Å². The van der Waals surface area contributed by atoms with Crippen LogP contribution in [0.5, 0.6) is 0 Å². The first-order valence-corrected chi connectivity index (χ1v) is 16.7. The Bertz CT molecular complexity index is 1650. The zero-order chi connectivity index (χ0) is 36.7. The molecule has 1 unspecified atom stereocenters. The van der Waals surface area contributed by atoms with E-state index in [1.165, 1.54) is 0 Å². The van der Waals surface area contributed by atoms with Gasteiger partial charge in [-0.2, -0.15) is 5.10 Å². The van der Waals surface area contributed by atoms with Crippen molar-refractivity contribution in [2.75, 3.05) is 17.2 Å². The molecule has 1 heterocycles. The number of hydrogen-bond acceptors (Lipinski definition) is 7. The van der Waals surface area contributed by atoms with Crippen LogP contribution in [-0.2, 0) is 26.9 Å². The van der Waals surface area contributed by atoms with E-state index < -0.39 is 46.0 Å². The second kappa shape index (κ2) is 15.1. The molecule has 0 aliphatic carbocycles. The zero-order valence-electron chi connectivity index (χ0n) is 30.0. The van der Waals surface area contributed by atoms with Crippen LogP contribution in [0.2, 0.25) is 0 Å². The fourth-order valence-corrected chi connectivity index (χ4v) is 7.01. The van der Waals surface area contributed by atoms with Gasteiger partial charge in [0.15, 0.2) is 5.60 Å².